The van der Waals surface area contributed by atoms with Crippen molar-refractivity contribution in [2.75, 3.05) is 20.8 Å². The molecule has 1 saturated heterocycles. The summed E-state index contributed by atoms with van der Waals surface area (Å²) < 4.78 is 22.0. The standard InChI is InChI=1S/C28H29N3O5S/c1-19(2)18-36-24-12-9-21(14-25(24)34-4)15-26-27(32)31(17-23-6-5-13-35-23)28(37-26)30-29-16-20-7-10-22(33-3)11-8-20/h5-16,19H,17-18H2,1-4H3/b26-15-,29-16+,30-28-. The molecule has 192 valence electrons. The van der Waals surface area contributed by atoms with Crippen LogP contribution < -0.4 is 14.2 Å². The summed E-state index contributed by atoms with van der Waals surface area (Å²) in [6, 6.07) is 16.7. The summed E-state index contributed by atoms with van der Waals surface area (Å²) in [5.74, 6) is 2.89. The molecule has 37 heavy (non-hydrogen) atoms. The van der Waals surface area contributed by atoms with Gasteiger partial charge >= 0.3 is 0 Å². The first kappa shape index (κ1) is 26.1. The maximum atomic E-state index is 13.3. The zero-order valence-corrected chi connectivity index (χ0v) is 22.0. The van der Waals surface area contributed by atoms with Crippen LogP contribution in [-0.2, 0) is 11.3 Å². The van der Waals surface area contributed by atoms with Gasteiger partial charge in [0.2, 0.25) is 0 Å². The molecule has 9 heteroatoms. The minimum Gasteiger partial charge on any atom is -0.497 e. The van der Waals surface area contributed by atoms with Crippen molar-refractivity contribution in [2.24, 2.45) is 16.1 Å². The highest BCUT2D eigenvalue weighted by Crippen LogP contribution is 2.35. The van der Waals surface area contributed by atoms with Gasteiger partial charge < -0.3 is 18.6 Å². The van der Waals surface area contributed by atoms with Gasteiger partial charge in [0.25, 0.3) is 5.91 Å². The van der Waals surface area contributed by atoms with Crippen LogP contribution in [0.3, 0.4) is 0 Å². The Bertz CT molecular complexity index is 1300. The highest BCUT2D eigenvalue weighted by Gasteiger charge is 2.34. The zero-order chi connectivity index (χ0) is 26.2. The van der Waals surface area contributed by atoms with E-state index in [0.717, 1.165) is 16.9 Å². The number of hydrogen-bond acceptors (Lipinski definition) is 8. The summed E-state index contributed by atoms with van der Waals surface area (Å²) in [6.45, 7) is 5.01. The summed E-state index contributed by atoms with van der Waals surface area (Å²) in [6.07, 6.45) is 5.02. The van der Waals surface area contributed by atoms with Crippen molar-refractivity contribution in [1.82, 2.24) is 4.90 Å². The Morgan fingerprint density at radius 3 is 2.49 bits per heavy atom. The van der Waals surface area contributed by atoms with Crippen molar-refractivity contribution >= 4 is 35.1 Å². The molecule has 2 heterocycles. The Morgan fingerprint density at radius 1 is 1.03 bits per heavy atom. The molecule has 1 aliphatic heterocycles. The molecule has 1 fully saturated rings. The third kappa shape index (κ3) is 6.83. The molecular formula is C28H29N3O5S. The summed E-state index contributed by atoms with van der Waals surface area (Å²) in [5.41, 5.74) is 1.67. The molecule has 0 atom stereocenters. The van der Waals surface area contributed by atoms with Crippen LogP contribution in [0.25, 0.3) is 6.08 Å². The lowest BCUT2D eigenvalue weighted by Crippen LogP contribution is -2.28. The minimum absolute atomic E-state index is 0.182. The molecule has 8 nitrogen and oxygen atoms in total. The summed E-state index contributed by atoms with van der Waals surface area (Å²) >= 11 is 1.26. The second kappa shape index (κ2) is 12.3. The molecule has 1 aromatic heterocycles. The number of carbonyl (C=O) groups excluding carboxylic acids is 1. The molecule has 0 N–H and O–H groups in total. The molecule has 0 spiro atoms. The van der Waals surface area contributed by atoms with Crippen LogP contribution >= 0.6 is 11.8 Å². The number of carbonyl (C=O) groups is 1. The Balaban J connectivity index is 1.58. The van der Waals surface area contributed by atoms with Crippen molar-refractivity contribution < 1.29 is 23.4 Å². The van der Waals surface area contributed by atoms with Gasteiger partial charge in [-0.1, -0.05) is 19.9 Å². The Morgan fingerprint density at radius 2 is 1.81 bits per heavy atom. The van der Waals surface area contributed by atoms with Crippen molar-refractivity contribution in [3.63, 3.8) is 0 Å². The minimum atomic E-state index is -0.182. The number of amides is 1. The van der Waals surface area contributed by atoms with Crippen LogP contribution in [-0.4, -0.2) is 43.0 Å². The number of ether oxygens (including phenoxy) is 3. The SMILES string of the molecule is COc1ccc(/C=N/N=C2\S/C(=C\c3ccc(OCC(C)C)c(OC)c3)C(=O)N2Cc2ccco2)cc1. The van der Waals surface area contributed by atoms with Gasteiger partial charge in [-0.25, -0.2) is 0 Å². The number of thioether (sulfide) groups is 1. The van der Waals surface area contributed by atoms with Crippen molar-refractivity contribution in [2.45, 2.75) is 20.4 Å². The van der Waals surface area contributed by atoms with E-state index in [1.54, 1.807) is 37.7 Å². The number of nitrogens with zero attached hydrogens (tertiary/aromatic N) is 3. The monoisotopic (exact) mass is 519 g/mol. The predicted octanol–water partition coefficient (Wildman–Crippen LogP) is 5.84. The maximum Gasteiger partial charge on any atom is 0.267 e. The zero-order valence-electron chi connectivity index (χ0n) is 21.2. The fourth-order valence-corrected chi connectivity index (χ4v) is 4.35. The van der Waals surface area contributed by atoms with Crippen molar-refractivity contribution in [3.8, 4) is 17.2 Å². The number of methoxy groups -OCH3 is 2. The summed E-state index contributed by atoms with van der Waals surface area (Å²) in [7, 11) is 3.22. The van der Waals surface area contributed by atoms with E-state index < -0.39 is 0 Å². The van der Waals surface area contributed by atoms with Gasteiger partial charge in [0, 0.05) is 0 Å². The summed E-state index contributed by atoms with van der Waals surface area (Å²) in [5, 5.41) is 9.03. The Hall–Kier alpha value is -3.98. The van der Waals surface area contributed by atoms with Crippen molar-refractivity contribution in [1.29, 1.82) is 0 Å². The van der Waals surface area contributed by atoms with Gasteiger partial charge in [-0.15, -0.1) is 5.10 Å². The first-order valence-corrected chi connectivity index (χ1v) is 12.6. The largest absolute Gasteiger partial charge is 0.497 e. The average molecular weight is 520 g/mol. The highest BCUT2D eigenvalue weighted by atomic mass is 32.2. The van der Waals surface area contributed by atoms with Crippen LogP contribution in [0.15, 0.2) is 80.4 Å². The fourth-order valence-electron chi connectivity index (χ4n) is 3.42. The maximum absolute atomic E-state index is 13.3. The predicted molar refractivity (Wildman–Crippen MR) is 146 cm³/mol. The number of amidine groups is 1. The van der Waals surface area contributed by atoms with Gasteiger partial charge in [-0.2, -0.15) is 5.10 Å². The van der Waals surface area contributed by atoms with Crippen LogP contribution in [0.5, 0.6) is 17.2 Å². The first-order chi connectivity index (χ1) is 18.0. The van der Waals surface area contributed by atoms with Gasteiger partial charge in [0.15, 0.2) is 16.7 Å². The molecule has 2 aromatic carbocycles. The molecule has 1 amide bonds. The average Bonchev–Trinajstić information content (AvgIpc) is 3.52. The van der Waals surface area contributed by atoms with Gasteiger partial charge in [-0.3, -0.25) is 9.69 Å². The van der Waals surface area contributed by atoms with E-state index in [4.69, 9.17) is 18.6 Å². The molecular weight excluding hydrogens is 490 g/mol. The topological polar surface area (TPSA) is 85.9 Å². The molecule has 0 saturated carbocycles. The van der Waals surface area contributed by atoms with E-state index in [1.165, 1.54) is 11.8 Å². The van der Waals surface area contributed by atoms with E-state index in [2.05, 4.69) is 24.1 Å². The third-order valence-corrected chi connectivity index (χ3v) is 6.30. The van der Waals surface area contributed by atoms with Crippen LogP contribution in [0.4, 0.5) is 0 Å². The highest BCUT2D eigenvalue weighted by molar-refractivity contribution is 8.18. The van der Waals surface area contributed by atoms with E-state index in [-0.39, 0.29) is 12.5 Å². The van der Waals surface area contributed by atoms with Crippen LogP contribution in [0, 0.1) is 5.92 Å². The van der Waals surface area contributed by atoms with Crippen molar-refractivity contribution in [3.05, 3.63) is 82.7 Å². The van der Waals surface area contributed by atoms with Crippen LogP contribution in [0.2, 0.25) is 0 Å². The smallest absolute Gasteiger partial charge is 0.267 e. The van der Waals surface area contributed by atoms with Gasteiger partial charge in [0.1, 0.15) is 11.5 Å². The first-order valence-electron chi connectivity index (χ1n) is 11.8. The van der Waals surface area contributed by atoms with Gasteiger partial charge in [0.05, 0.1) is 44.8 Å². The van der Waals surface area contributed by atoms with Gasteiger partial charge in [-0.05, 0) is 83.4 Å². The lowest BCUT2D eigenvalue weighted by molar-refractivity contribution is -0.122. The lowest BCUT2D eigenvalue weighted by Gasteiger charge is -2.13. The molecule has 0 radical (unpaired) electrons. The quantitative estimate of drug-likeness (QED) is 0.190. The molecule has 0 bridgehead atoms. The second-order valence-corrected chi connectivity index (χ2v) is 9.61. The third-order valence-electron chi connectivity index (χ3n) is 5.31. The van der Waals surface area contributed by atoms with E-state index in [9.17, 15) is 4.79 Å². The number of benzene rings is 2. The normalized spacial score (nSPS) is 15.9. The Kier molecular flexibility index (Phi) is 8.68. The number of furan rings is 1. The number of hydrogen-bond donors (Lipinski definition) is 0. The number of rotatable bonds is 10. The Labute approximate surface area is 220 Å². The molecule has 1 aliphatic rings. The fraction of sp³-hybridized carbons (Fsp3) is 0.250. The molecule has 4 rings (SSSR count). The van der Waals surface area contributed by atoms with Crippen LogP contribution in [0.1, 0.15) is 30.7 Å². The van der Waals surface area contributed by atoms with E-state index >= 15 is 0 Å². The lowest BCUT2D eigenvalue weighted by atomic mass is 10.1. The van der Waals surface area contributed by atoms with E-state index in [0.29, 0.717) is 39.9 Å². The van der Waals surface area contributed by atoms with E-state index in [1.807, 2.05) is 54.6 Å². The second-order valence-electron chi connectivity index (χ2n) is 8.60. The summed E-state index contributed by atoms with van der Waals surface area (Å²) in [4.78, 5) is 15.4. The molecule has 3 aromatic rings. The molecule has 0 unspecified atom stereocenters. The molecule has 0 aliphatic carbocycles.